The Morgan fingerprint density at radius 1 is 1.40 bits per heavy atom. The molecule has 0 atom stereocenters. The zero-order chi connectivity index (χ0) is 17.2. The van der Waals surface area contributed by atoms with Crippen molar-refractivity contribution < 1.29 is 13.2 Å². The minimum absolute atomic E-state index is 0. The summed E-state index contributed by atoms with van der Waals surface area (Å²) in [6.45, 7) is 5.34. The highest BCUT2D eigenvalue weighted by Crippen LogP contribution is 2.47. The Kier molecular flexibility index (Phi) is 6.97. The number of aliphatic imine (C=N–C) groups is 1. The minimum atomic E-state index is -4.36. The Labute approximate surface area is 167 Å². The lowest BCUT2D eigenvalue weighted by Gasteiger charge is -2.38. The molecule has 9 heteroatoms. The van der Waals surface area contributed by atoms with Crippen molar-refractivity contribution >= 4 is 41.3 Å². The quantitative estimate of drug-likeness (QED) is 0.393. The minimum Gasteiger partial charge on any atom is -0.357 e. The summed E-state index contributed by atoms with van der Waals surface area (Å²) in [5.41, 5.74) is -0.308. The molecule has 0 aromatic carbocycles. The summed E-state index contributed by atoms with van der Waals surface area (Å²) in [5, 5.41) is 4.86. The molecule has 1 spiro atoms. The number of nitrogens with zero attached hydrogens (tertiary/aromatic N) is 3. The van der Waals surface area contributed by atoms with Crippen molar-refractivity contribution in [3.8, 4) is 0 Å². The first-order valence-corrected chi connectivity index (χ1v) is 9.35. The summed E-state index contributed by atoms with van der Waals surface area (Å²) < 4.78 is 37.7. The van der Waals surface area contributed by atoms with Crippen molar-refractivity contribution in [3.63, 3.8) is 0 Å². The van der Waals surface area contributed by atoms with Gasteiger partial charge in [0.15, 0.2) is 11.7 Å². The molecule has 2 aliphatic rings. The molecule has 1 saturated heterocycles. The van der Waals surface area contributed by atoms with Gasteiger partial charge in [0.25, 0.3) is 0 Å². The zero-order valence-corrected chi connectivity index (χ0v) is 17.4. The van der Waals surface area contributed by atoms with Crippen LogP contribution in [-0.2, 0) is 12.6 Å². The fourth-order valence-corrected chi connectivity index (χ4v) is 4.23. The summed E-state index contributed by atoms with van der Waals surface area (Å²) in [7, 11) is 0. The molecule has 1 aromatic heterocycles. The third-order valence-electron chi connectivity index (χ3n) is 4.92. The number of aromatic nitrogens is 1. The maximum Gasteiger partial charge on any atom is 0.434 e. The normalized spacial score (nSPS) is 19.7. The molecule has 2 heterocycles. The van der Waals surface area contributed by atoms with E-state index >= 15 is 0 Å². The molecular weight excluding hydrogens is 464 g/mol. The summed E-state index contributed by atoms with van der Waals surface area (Å²) in [4.78, 5) is 10.6. The number of halogens is 4. The van der Waals surface area contributed by atoms with E-state index in [4.69, 9.17) is 0 Å². The van der Waals surface area contributed by atoms with Gasteiger partial charge in [0, 0.05) is 38.0 Å². The number of thiazole rings is 1. The van der Waals surface area contributed by atoms with Crippen LogP contribution in [0.1, 0.15) is 43.3 Å². The van der Waals surface area contributed by atoms with E-state index in [1.165, 1.54) is 25.7 Å². The number of likely N-dealkylation sites (tertiary alicyclic amines) is 1. The molecule has 4 nitrogen and oxygen atoms in total. The Morgan fingerprint density at radius 3 is 2.68 bits per heavy atom. The third-order valence-corrected chi connectivity index (χ3v) is 5.82. The summed E-state index contributed by atoms with van der Waals surface area (Å²) in [6, 6.07) is 0. The average molecular weight is 488 g/mol. The fraction of sp³-hybridized carbons (Fsp3) is 0.750. The standard InChI is InChI=1S/C16H23F3N4S.HI/c1-2-20-14(23-9-7-15(11-23)5-3-6-15)21-8-4-13-22-12(10-24-13)16(17,18)19;/h10H,2-9,11H2,1H3,(H,20,21);1H. The van der Waals surface area contributed by atoms with E-state index in [9.17, 15) is 13.2 Å². The summed E-state index contributed by atoms with van der Waals surface area (Å²) >= 11 is 1.05. The van der Waals surface area contributed by atoms with Gasteiger partial charge >= 0.3 is 6.18 Å². The van der Waals surface area contributed by atoms with Gasteiger partial charge in [0.2, 0.25) is 0 Å². The van der Waals surface area contributed by atoms with Crippen LogP contribution >= 0.6 is 35.3 Å². The van der Waals surface area contributed by atoms with Crippen molar-refractivity contribution in [2.45, 2.75) is 45.2 Å². The van der Waals surface area contributed by atoms with E-state index in [-0.39, 0.29) is 24.0 Å². The molecule has 0 unspecified atom stereocenters. The largest absolute Gasteiger partial charge is 0.434 e. The van der Waals surface area contributed by atoms with Crippen molar-refractivity contribution in [3.05, 3.63) is 16.1 Å². The van der Waals surface area contributed by atoms with Gasteiger partial charge in [-0.1, -0.05) is 6.42 Å². The first kappa shape index (κ1) is 20.7. The van der Waals surface area contributed by atoms with E-state index in [0.29, 0.717) is 23.4 Å². The van der Waals surface area contributed by atoms with Crippen LogP contribution in [0.4, 0.5) is 13.2 Å². The van der Waals surface area contributed by atoms with E-state index in [2.05, 4.69) is 20.2 Å². The third kappa shape index (κ3) is 4.99. The average Bonchev–Trinajstić information content (AvgIpc) is 3.12. The van der Waals surface area contributed by atoms with E-state index in [1.807, 2.05) is 6.92 Å². The first-order chi connectivity index (χ1) is 11.4. The molecule has 1 aliphatic heterocycles. The van der Waals surface area contributed by atoms with Crippen molar-refractivity contribution in [1.29, 1.82) is 0 Å². The van der Waals surface area contributed by atoms with Gasteiger partial charge in [-0.15, -0.1) is 35.3 Å². The lowest BCUT2D eigenvalue weighted by Crippen LogP contribution is -2.42. The predicted octanol–water partition coefficient (Wildman–Crippen LogP) is 4.16. The van der Waals surface area contributed by atoms with Crippen LogP contribution < -0.4 is 5.32 Å². The lowest BCUT2D eigenvalue weighted by molar-refractivity contribution is -0.140. The molecule has 0 amide bonds. The van der Waals surface area contributed by atoms with Gasteiger partial charge in [0.05, 0.1) is 5.01 Å². The van der Waals surface area contributed by atoms with Gasteiger partial charge in [-0.25, -0.2) is 4.98 Å². The van der Waals surface area contributed by atoms with Crippen molar-refractivity contribution in [1.82, 2.24) is 15.2 Å². The second-order valence-corrected chi connectivity index (χ2v) is 7.58. The van der Waals surface area contributed by atoms with E-state index in [1.54, 1.807) is 0 Å². The number of rotatable bonds is 4. The SMILES string of the molecule is CCNC(=NCCc1nc(C(F)(F)F)cs1)N1CCC2(CCC2)C1.I. The van der Waals surface area contributed by atoms with E-state index < -0.39 is 11.9 Å². The second kappa shape index (κ2) is 8.41. The van der Waals surface area contributed by atoms with Gasteiger partial charge in [-0.3, -0.25) is 4.99 Å². The molecule has 0 bridgehead atoms. The number of guanidine groups is 1. The van der Waals surface area contributed by atoms with Crippen LogP contribution in [0.25, 0.3) is 0 Å². The number of hydrogen-bond donors (Lipinski definition) is 1. The molecule has 1 aromatic rings. The number of hydrogen-bond acceptors (Lipinski definition) is 3. The molecule has 1 saturated carbocycles. The molecule has 1 N–H and O–H groups in total. The number of nitrogens with one attached hydrogen (secondary N) is 1. The smallest absolute Gasteiger partial charge is 0.357 e. The first-order valence-electron chi connectivity index (χ1n) is 8.47. The van der Waals surface area contributed by atoms with Crippen LogP contribution in [0.2, 0.25) is 0 Å². The molecular formula is C16H24F3IN4S. The maximum atomic E-state index is 12.6. The summed E-state index contributed by atoms with van der Waals surface area (Å²) in [6.07, 6.45) is 1.24. The monoisotopic (exact) mass is 488 g/mol. The highest BCUT2D eigenvalue weighted by Gasteiger charge is 2.43. The number of alkyl halides is 3. The Balaban J connectivity index is 0.00000225. The van der Waals surface area contributed by atoms with Gasteiger partial charge in [-0.05, 0) is 31.6 Å². The van der Waals surface area contributed by atoms with E-state index in [0.717, 1.165) is 42.3 Å². The fourth-order valence-electron chi connectivity index (χ4n) is 3.44. The van der Waals surface area contributed by atoms with Crippen molar-refractivity contribution in [2.24, 2.45) is 10.4 Å². The van der Waals surface area contributed by atoms with Crippen LogP contribution in [0, 0.1) is 5.41 Å². The van der Waals surface area contributed by atoms with Gasteiger partial charge in [-0.2, -0.15) is 13.2 Å². The maximum absolute atomic E-state index is 12.6. The Bertz CT molecular complexity index is 598. The van der Waals surface area contributed by atoms with Crippen LogP contribution in [0.15, 0.2) is 10.4 Å². The second-order valence-electron chi connectivity index (χ2n) is 6.64. The zero-order valence-electron chi connectivity index (χ0n) is 14.2. The molecule has 1 aliphatic carbocycles. The predicted molar refractivity (Wildman–Crippen MR) is 105 cm³/mol. The van der Waals surface area contributed by atoms with Gasteiger partial charge in [0.1, 0.15) is 0 Å². The Morgan fingerprint density at radius 2 is 2.16 bits per heavy atom. The summed E-state index contributed by atoms with van der Waals surface area (Å²) in [5.74, 6) is 0.883. The van der Waals surface area contributed by atoms with Crippen LogP contribution in [0.3, 0.4) is 0 Å². The molecule has 0 radical (unpaired) electrons. The molecule has 2 fully saturated rings. The highest BCUT2D eigenvalue weighted by atomic mass is 127. The molecule has 142 valence electrons. The van der Waals surface area contributed by atoms with Gasteiger partial charge < -0.3 is 10.2 Å². The molecule has 25 heavy (non-hydrogen) atoms. The Hall–Kier alpha value is -0.580. The van der Waals surface area contributed by atoms with Crippen LogP contribution in [0.5, 0.6) is 0 Å². The van der Waals surface area contributed by atoms with Crippen LogP contribution in [-0.4, -0.2) is 42.0 Å². The highest BCUT2D eigenvalue weighted by molar-refractivity contribution is 14.0. The lowest BCUT2D eigenvalue weighted by atomic mass is 9.68. The topological polar surface area (TPSA) is 40.5 Å². The van der Waals surface area contributed by atoms with Crippen molar-refractivity contribution in [2.75, 3.05) is 26.2 Å². The molecule has 3 rings (SSSR count).